The monoisotopic (exact) mass is 270 g/mol. The predicted octanol–water partition coefficient (Wildman–Crippen LogP) is 1.70. The first kappa shape index (κ1) is 15.1. The number of rotatable bonds is 5. The molecule has 0 aliphatic rings. The number of likely N-dealkylation sites (N-methyl/N-ethyl adjacent to an activating group) is 1. The van der Waals surface area contributed by atoms with E-state index in [2.05, 4.69) is 5.32 Å². The Balaban J connectivity index is 3.13. The quantitative estimate of drug-likeness (QED) is 0.886. The van der Waals surface area contributed by atoms with Gasteiger partial charge in [0, 0.05) is 18.6 Å². The highest BCUT2D eigenvalue weighted by atomic mass is 32.2. The lowest BCUT2D eigenvalue weighted by Crippen LogP contribution is -2.48. The number of sulfonamides is 1. The summed E-state index contributed by atoms with van der Waals surface area (Å²) < 4.78 is 26.7. The van der Waals surface area contributed by atoms with Gasteiger partial charge in [-0.05, 0) is 40.0 Å². The maximum atomic E-state index is 12.6. The van der Waals surface area contributed by atoms with E-state index in [9.17, 15) is 8.42 Å². The average molecular weight is 270 g/mol. The summed E-state index contributed by atoms with van der Waals surface area (Å²) in [5.41, 5.74) is -0.439. The highest BCUT2D eigenvalue weighted by molar-refractivity contribution is 7.89. The van der Waals surface area contributed by atoms with Crippen LogP contribution < -0.4 is 5.32 Å². The molecule has 0 aliphatic carbocycles. The zero-order chi connectivity index (χ0) is 13.8. The molecule has 0 fully saturated rings. The maximum absolute atomic E-state index is 12.6. The second kappa shape index (κ2) is 5.82. The Morgan fingerprint density at radius 3 is 2.17 bits per heavy atom. The van der Waals surface area contributed by atoms with Gasteiger partial charge < -0.3 is 5.32 Å². The van der Waals surface area contributed by atoms with Crippen LogP contribution in [0.4, 0.5) is 0 Å². The van der Waals surface area contributed by atoms with E-state index in [0.29, 0.717) is 18.0 Å². The number of nitrogens with zero attached hydrogens (tertiary/aromatic N) is 1. The van der Waals surface area contributed by atoms with Crippen LogP contribution in [0.5, 0.6) is 0 Å². The molecule has 1 aromatic rings. The third-order valence-corrected chi connectivity index (χ3v) is 4.82. The smallest absolute Gasteiger partial charge is 0.243 e. The summed E-state index contributed by atoms with van der Waals surface area (Å²) in [6, 6.07) is 8.56. The largest absolute Gasteiger partial charge is 0.318 e. The van der Waals surface area contributed by atoms with Crippen LogP contribution in [0.2, 0.25) is 0 Å². The van der Waals surface area contributed by atoms with Crippen LogP contribution in [0.25, 0.3) is 0 Å². The average Bonchev–Trinajstić information content (AvgIpc) is 2.28. The molecule has 102 valence electrons. The fourth-order valence-electron chi connectivity index (χ4n) is 1.75. The van der Waals surface area contributed by atoms with Crippen molar-refractivity contribution >= 4 is 10.0 Å². The number of hydrogen-bond acceptors (Lipinski definition) is 3. The maximum Gasteiger partial charge on any atom is 0.243 e. The Hall–Kier alpha value is -0.910. The van der Waals surface area contributed by atoms with Crippen LogP contribution >= 0.6 is 0 Å². The lowest BCUT2D eigenvalue weighted by atomic mass is 10.1. The molecule has 1 N–H and O–H groups in total. The van der Waals surface area contributed by atoms with Gasteiger partial charge >= 0.3 is 0 Å². The minimum Gasteiger partial charge on any atom is -0.318 e. The van der Waals surface area contributed by atoms with Gasteiger partial charge in [-0.1, -0.05) is 18.2 Å². The standard InChI is InChI=1S/C13H22N2O2S/c1-13(2,3)15(11-10-14-4)18(16,17)12-8-6-5-7-9-12/h5-9,14H,10-11H2,1-4H3. The molecule has 0 aromatic heterocycles. The van der Waals surface area contributed by atoms with Gasteiger partial charge in [0.15, 0.2) is 0 Å². The molecule has 0 heterocycles. The molecule has 0 atom stereocenters. The van der Waals surface area contributed by atoms with Crippen molar-refractivity contribution in [3.05, 3.63) is 30.3 Å². The summed E-state index contributed by atoms with van der Waals surface area (Å²) >= 11 is 0. The van der Waals surface area contributed by atoms with Gasteiger partial charge in [0.2, 0.25) is 10.0 Å². The van der Waals surface area contributed by atoms with Gasteiger partial charge in [-0.25, -0.2) is 8.42 Å². The fraction of sp³-hybridized carbons (Fsp3) is 0.538. The van der Waals surface area contributed by atoms with Gasteiger partial charge in [-0.15, -0.1) is 0 Å². The first-order valence-corrected chi connectivity index (χ1v) is 7.46. The van der Waals surface area contributed by atoms with Crippen molar-refractivity contribution in [1.82, 2.24) is 9.62 Å². The molecule has 5 heteroatoms. The van der Waals surface area contributed by atoms with Gasteiger partial charge in [0.1, 0.15) is 0 Å². The molecule has 0 amide bonds. The normalized spacial score (nSPS) is 12.9. The van der Waals surface area contributed by atoms with Crippen molar-refractivity contribution in [2.45, 2.75) is 31.2 Å². The van der Waals surface area contributed by atoms with Crippen molar-refractivity contribution < 1.29 is 8.42 Å². The minimum absolute atomic E-state index is 0.344. The molecule has 0 unspecified atom stereocenters. The van der Waals surface area contributed by atoms with Crippen LogP contribution in [-0.2, 0) is 10.0 Å². The lowest BCUT2D eigenvalue weighted by Gasteiger charge is -2.34. The van der Waals surface area contributed by atoms with Crippen molar-refractivity contribution in [2.24, 2.45) is 0 Å². The van der Waals surface area contributed by atoms with E-state index >= 15 is 0 Å². The van der Waals surface area contributed by atoms with Crippen LogP contribution in [-0.4, -0.2) is 38.4 Å². The van der Waals surface area contributed by atoms with E-state index in [-0.39, 0.29) is 0 Å². The zero-order valence-corrected chi connectivity index (χ0v) is 12.3. The fourth-order valence-corrected chi connectivity index (χ4v) is 3.56. The van der Waals surface area contributed by atoms with Crippen molar-refractivity contribution in [1.29, 1.82) is 0 Å². The Bertz CT molecular complexity index is 464. The molecule has 18 heavy (non-hydrogen) atoms. The van der Waals surface area contributed by atoms with Gasteiger partial charge in [-0.2, -0.15) is 4.31 Å². The molecule has 0 spiro atoms. The first-order valence-electron chi connectivity index (χ1n) is 6.02. The summed E-state index contributed by atoms with van der Waals surface area (Å²) in [6.07, 6.45) is 0. The van der Waals surface area contributed by atoms with E-state index in [1.165, 1.54) is 4.31 Å². The lowest BCUT2D eigenvalue weighted by molar-refractivity contribution is 0.251. The van der Waals surface area contributed by atoms with E-state index in [1.807, 2.05) is 33.9 Å². The van der Waals surface area contributed by atoms with Gasteiger partial charge in [0.25, 0.3) is 0 Å². The van der Waals surface area contributed by atoms with Crippen LogP contribution in [0.1, 0.15) is 20.8 Å². The molecule has 0 bridgehead atoms. The molecular weight excluding hydrogens is 248 g/mol. The number of benzene rings is 1. The third-order valence-electron chi connectivity index (χ3n) is 2.64. The molecule has 0 radical (unpaired) electrons. The second-order valence-electron chi connectivity index (χ2n) is 5.16. The van der Waals surface area contributed by atoms with Crippen molar-refractivity contribution in [2.75, 3.05) is 20.1 Å². The summed E-state index contributed by atoms with van der Waals surface area (Å²) in [4.78, 5) is 0.344. The first-order chi connectivity index (χ1) is 8.30. The third kappa shape index (κ3) is 3.54. The van der Waals surface area contributed by atoms with E-state index in [1.54, 1.807) is 24.3 Å². The molecule has 1 aromatic carbocycles. The van der Waals surface area contributed by atoms with Crippen molar-refractivity contribution in [3.8, 4) is 0 Å². The summed E-state index contributed by atoms with van der Waals surface area (Å²) in [5, 5.41) is 2.99. The predicted molar refractivity (Wildman–Crippen MR) is 74.0 cm³/mol. The number of nitrogens with one attached hydrogen (secondary N) is 1. The van der Waals surface area contributed by atoms with E-state index < -0.39 is 15.6 Å². The molecular formula is C13H22N2O2S. The summed E-state index contributed by atoms with van der Waals surface area (Å²) in [5.74, 6) is 0. The van der Waals surface area contributed by atoms with E-state index in [4.69, 9.17) is 0 Å². The highest BCUT2D eigenvalue weighted by Crippen LogP contribution is 2.23. The topological polar surface area (TPSA) is 49.4 Å². The van der Waals surface area contributed by atoms with Crippen molar-refractivity contribution in [3.63, 3.8) is 0 Å². The van der Waals surface area contributed by atoms with Gasteiger partial charge in [0.05, 0.1) is 4.90 Å². The molecule has 0 saturated heterocycles. The second-order valence-corrected chi connectivity index (χ2v) is 7.03. The number of hydrogen-bond donors (Lipinski definition) is 1. The Kier molecular flexibility index (Phi) is 4.90. The summed E-state index contributed by atoms with van der Waals surface area (Å²) in [6.45, 7) is 6.80. The van der Waals surface area contributed by atoms with Crippen LogP contribution in [0.15, 0.2) is 35.2 Å². The Labute approximate surface area is 110 Å². The van der Waals surface area contributed by atoms with E-state index in [0.717, 1.165) is 0 Å². The highest BCUT2D eigenvalue weighted by Gasteiger charge is 2.33. The van der Waals surface area contributed by atoms with Crippen LogP contribution in [0, 0.1) is 0 Å². The Morgan fingerprint density at radius 1 is 1.17 bits per heavy atom. The zero-order valence-electron chi connectivity index (χ0n) is 11.5. The SMILES string of the molecule is CNCCN(C(C)(C)C)S(=O)(=O)c1ccccc1. The molecule has 0 saturated carbocycles. The molecule has 0 aliphatic heterocycles. The molecule has 4 nitrogen and oxygen atoms in total. The minimum atomic E-state index is -3.44. The summed E-state index contributed by atoms with van der Waals surface area (Å²) in [7, 11) is -1.62. The van der Waals surface area contributed by atoms with Crippen LogP contribution in [0.3, 0.4) is 0 Å². The van der Waals surface area contributed by atoms with Gasteiger partial charge in [-0.3, -0.25) is 0 Å². The molecule has 1 rings (SSSR count). The Morgan fingerprint density at radius 2 is 1.72 bits per heavy atom.